The third-order valence-electron chi connectivity index (χ3n) is 8.19. The van der Waals surface area contributed by atoms with Crippen molar-refractivity contribution in [2.75, 3.05) is 20.8 Å². The Morgan fingerprint density at radius 3 is 2.55 bits per heavy atom. The molecular formula is C24H27BrF2N6O5. The zero-order valence-electron chi connectivity index (χ0n) is 20.7. The molecule has 3 saturated carbocycles. The minimum atomic E-state index is -1.22. The third kappa shape index (κ3) is 3.92. The number of halogens is 3. The van der Waals surface area contributed by atoms with Gasteiger partial charge >= 0.3 is 0 Å². The van der Waals surface area contributed by atoms with Crippen molar-refractivity contribution < 1.29 is 33.2 Å². The van der Waals surface area contributed by atoms with Crippen LogP contribution in [0.4, 0.5) is 8.78 Å². The highest BCUT2D eigenvalue weighted by atomic mass is 79.9. The lowest BCUT2D eigenvalue weighted by Gasteiger charge is -2.68. The fourth-order valence-corrected chi connectivity index (χ4v) is 6.44. The molecule has 2 aromatic heterocycles. The van der Waals surface area contributed by atoms with E-state index >= 15 is 0 Å². The molecule has 1 saturated heterocycles. The molecule has 3 aromatic rings. The van der Waals surface area contributed by atoms with Crippen molar-refractivity contribution in [2.45, 2.75) is 67.3 Å². The lowest BCUT2D eigenvalue weighted by atomic mass is 9.46. The summed E-state index contributed by atoms with van der Waals surface area (Å²) in [5.74, 6) is -2.11. The SMILES string of the molecule is CO[C@@H]1[C@@H](n2cc(-c3ccc(Br)c(F)c3F)nn2)[C@@H](O)[C@@H](CO)O[C@@H]1Cc1cn(C23CC(OC)(C2)C3)nn1. The van der Waals surface area contributed by atoms with Crippen molar-refractivity contribution in [1.29, 1.82) is 0 Å². The molecule has 3 heterocycles. The van der Waals surface area contributed by atoms with E-state index in [1.54, 1.807) is 7.11 Å². The molecular weight excluding hydrogens is 570 g/mol. The van der Waals surface area contributed by atoms with E-state index in [9.17, 15) is 19.0 Å². The molecule has 0 unspecified atom stereocenters. The summed E-state index contributed by atoms with van der Waals surface area (Å²) in [5, 5.41) is 37.7. The lowest BCUT2D eigenvalue weighted by Crippen LogP contribution is -2.73. The van der Waals surface area contributed by atoms with Crippen LogP contribution in [0.1, 0.15) is 31.0 Å². The van der Waals surface area contributed by atoms with Crippen LogP contribution in [-0.2, 0) is 26.2 Å². The monoisotopic (exact) mass is 596 g/mol. The summed E-state index contributed by atoms with van der Waals surface area (Å²) in [6.07, 6.45) is 2.79. The maximum atomic E-state index is 14.6. The molecule has 4 fully saturated rings. The number of hydrogen-bond donors (Lipinski definition) is 2. The molecule has 5 atom stereocenters. The van der Waals surface area contributed by atoms with Gasteiger partial charge in [-0.25, -0.2) is 18.1 Å². The molecule has 0 radical (unpaired) electrons. The third-order valence-corrected chi connectivity index (χ3v) is 8.80. The summed E-state index contributed by atoms with van der Waals surface area (Å²) in [6.45, 7) is -0.451. The van der Waals surface area contributed by atoms with E-state index in [-0.39, 0.29) is 26.9 Å². The number of ether oxygens (including phenoxy) is 3. The van der Waals surface area contributed by atoms with Gasteiger partial charge in [0.1, 0.15) is 30.0 Å². The van der Waals surface area contributed by atoms with Gasteiger partial charge in [0.25, 0.3) is 0 Å². The fourth-order valence-electron chi connectivity index (χ4n) is 6.13. The molecule has 3 aliphatic carbocycles. The van der Waals surface area contributed by atoms with E-state index in [2.05, 4.69) is 36.6 Å². The first kappa shape index (κ1) is 25.9. The number of aliphatic hydroxyl groups excluding tert-OH is 2. The van der Waals surface area contributed by atoms with Crippen molar-refractivity contribution in [3.8, 4) is 11.3 Å². The van der Waals surface area contributed by atoms with Crippen LogP contribution in [-0.4, -0.2) is 91.0 Å². The maximum Gasteiger partial charge on any atom is 0.173 e. The number of benzene rings is 1. The van der Waals surface area contributed by atoms with Gasteiger partial charge in [0.15, 0.2) is 11.6 Å². The van der Waals surface area contributed by atoms with E-state index < -0.39 is 48.7 Å². The van der Waals surface area contributed by atoms with Crippen LogP contribution in [0, 0.1) is 11.6 Å². The Kier molecular flexibility index (Phi) is 6.39. The Labute approximate surface area is 224 Å². The van der Waals surface area contributed by atoms with E-state index in [0.29, 0.717) is 12.1 Å². The average Bonchev–Trinajstić information content (AvgIpc) is 3.52. The molecule has 7 rings (SSSR count). The predicted molar refractivity (Wildman–Crippen MR) is 130 cm³/mol. The summed E-state index contributed by atoms with van der Waals surface area (Å²) in [4.78, 5) is 0. The van der Waals surface area contributed by atoms with Crippen molar-refractivity contribution in [2.24, 2.45) is 0 Å². The standard InChI is InChI=1S/C24H27BrF2N6O5/c1-36-22-16(5-12-6-33(31-28-12)23-9-24(10-23,11-23)37-2)38-17(8-34)21(35)20(22)32-7-15(29-30-32)13-3-4-14(25)19(27)18(13)26/h3-4,6-7,16-17,20-22,34-35H,5,8-11H2,1-2H3/t16-,17-,20+,21+,22+,23?,24?/m1/s1. The molecule has 0 spiro atoms. The van der Waals surface area contributed by atoms with E-state index in [1.807, 2.05) is 10.9 Å². The number of rotatable bonds is 8. The molecule has 1 aliphatic heterocycles. The zero-order valence-corrected chi connectivity index (χ0v) is 22.3. The van der Waals surface area contributed by atoms with Crippen LogP contribution in [0.2, 0.25) is 0 Å². The van der Waals surface area contributed by atoms with E-state index in [4.69, 9.17) is 14.2 Å². The number of methoxy groups -OCH3 is 2. The first-order valence-electron chi connectivity index (χ1n) is 12.2. The highest BCUT2D eigenvalue weighted by molar-refractivity contribution is 9.10. The number of nitrogens with zero attached hydrogens (tertiary/aromatic N) is 6. The van der Waals surface area contributed by atoms with Crippen LogP contribution in [0.15, 0.2) is 29.0 Å². The molecule has 38 heavy (non-hydrogen) atoms. The fraction of sp³-hybridized carbons (Fsp3) is 0.583. The van der Waals surface area contributed by atoms with Crippen molar-refractivity contribution in [3.05, 3.63) is 46.3 Å². The number of aromatic nitrogens is 6. The van der Waals surface area contributed by atoms with Crippen molar-refractivity contribution >= 4 is 15.9 Å². The summed E-state index contributed by atoms with van der Waals surface area (Å²) < 4.78 is 49.3. The molecule has 2 bridgehead atoms. The minimum absolute atomic E-state index is 0.0109. The van der Waals surface area contributed by atoms with Crippen molar-refractivity contribution in [1.82, 2.24) is 30.0 Å². The van der Waals surface area contributed by atoms with Gasteiger partial charge in [-0.3, -0.25) is 0 Å². The van der Waals surface area contributed by atoms with E-state index in [1.165, 1.54) is 30.1 Å². The first-order chi connectivity index (χ1) is 18.2. The molecule has 0 amide bonds. The quantitative estimate of drug-likeness (QED) is 0.374. The number of aliphatic hydroxyl groups is 2. The second-order valence-electron chi connectivity index (χ2n) is 10.4. The van der Waals surface area contributed by atoms with Gasteiger partial charge in [-0.05, 0) is 28.1 Å². The zero-order chi connectivity index (χ0) is 26.8. The first-order valence-corrected chi connectivity index (χ1v) is 13.0. The van der Waals surface area contributed by atoms with Gasteiger partial charge in [-0.1, -0.05) is 10.4 Å². The smallest absolute Gasteiger partial charge is 0.173 e. The minimum Gasteiger partial charge on any atom is -0.394 e. The molecule has 11 nitrogen and oxygen atoms in total. The Bertz CT molecular complexity index is 1330. The highest BCUT2D eigenvalue weighted by Gasteiger charge is 2.70. The van der Waals surface area contributed by atoms with E-state index in [0.717, 1.165) is 19.3 Å². The molecule has 1 aromatic carbocycles. The van der Waals surface area contributed by atoms with Gasteiger partial charge < -0.3 is 24.4 Å². The second kappa shape index (κ2) is 9.38. The summed E-state index contributed by atoms with van der Waals surface area (Å²) >= 11 is 2.96. The topological polar surface area (TPSA) is 130 Å². The summed E-state index contributed by atoms with van der Waals surface area (Å²) in [6, 6.07) is 1.92. The Balaban J connectivity index is 1.25. The van der Waals surface area contributed by atoms with Gasteiger partial charge in [0.2, 0.25) is 0 Å². The Morgan fingerprint density at radius 2 is 1.87 bits per heavy atom. The summed E-state index contributed by atoms with van der Waals surface area (Å²) in [7, 11) is 3.21. The predicted octanol–water partition coefficient (Wildman–Crippen LogP) is 1.77. The molecule has 2 N–H and O–H groups in total. The number of hydrogen-bond acceptors (Lipinski definition) is 9. The average molecular weight is 597 g/mol. The summed E-state index contributed by atoms with van der Waals surface area (Å²) in [5.41, 5.74) is 0.587. The largest absolute Gasteiger partial charge is 0.394 e. The Hall–Kier alpha value is -2.36. The molecule has 204 valence electrons. The van der Waals surface area contributed by atoms with Gasteiger partial charge in [0.05, 0.1) is 40.2 Å². The Morgan fingerprint density at radius 1 is 1.11 bits per heavy atom. The molecule has 4 aliphatic rings. The van der Waals surface area contributed by atoms with Gasteiger partial charge in [-0.2, -0.15) is 0 Å². The van der Waals surface area contributed by atoms with Crippen LogP contribution < -0.4 is 0 Å². The van der Waals surface area contributed by atoms with Gasteiger partial charge in [0, 0.05) is 51.7 Å². The van der Waals surface area contributed by atoms with Crippen molar-refractivity contribution in [3.63, 3.8) is 0 Å². The van der Waals surface area contributed by atoms with Crippen LogP contribution in [0.5, 0.6) is 0 Å². The van der Waals surface area contributed by atoms with Gasteiger partial charge in [-0.15, -0.1) is 10.2 Å². The molecule has 14 heteroatoms. The normalized spacial score (nSPS) is 34.1. The highest BCUT2D eigenvalue weighted by Crippen LogP contribution is 2.66. The van der Waals surface area contributed by atoms with Crippen LogP contribution in [0.3, 0.4) is 0 Å². The lowest BCUT2D eigenvalue weighted by molar-refractivity contribution is -0.265. The van der Waals surface area contributed by atoms with Crippen LogP contribution >= 0.6 is 15.9 Å². The maximum absolute atomic E-state index is 14.6. The second-order valence-corrected chi connectivity index (χ2v) is 11.2. The van der Waals surface area contributed by atoms with Crippen LogP contribution in [0.25, 0.3) is 11.3 Å².